The van der Waals surface area contributed by atoms with Gasteiger partial charge in [0.25, 0.3) is 5.91 Å². The summed E-state index contributed by atoms with van der Waals surface area (Å²) < 4.78 is 0. The van der Waals surface area contributed by atoms with Gasteiger partial charge in [-0.15, -0.1) is 0 Å². The zero-order chi connectivity index (χ0) is 13.0. The van der Waals surface area contributed by atoms with E-state index in [1.54, 1.807) is 0 Å². The smallest absolute Gasteiger partial charge is 0.251 e. The lowest BCUT2D eigenvalue weighted by molar-refractivity contribution is 0.0952. The number of hydrogen-bond acceptors (Lipinski definition) is 4. The molecule has 0 heterocycles. The van der Waals surface area contributed by atoms with Crippen molar-refractivity contribution < 1.29 is 15.0 Å². The van der Waals surface area contributed by atoms with E-state index in [1.807, 2.05) is 0 Å². The molecule has 1 aliphatic rings. The van der Waals surface area contributed by atoms with Crippen LogP contribution >= 0.6 is 0 Å². The van der Waals surface area contributed by atoms with Crippen LogP contribution in [0.5, 0.6) is 11.5 Å². The lowest BCUT2D eigenvalue weighted by atomic mass is 10.2. The van der Waals surface area contributed by atoms with Crippen molar-refractivity contribution in [1.82, 2.24) is 10.6 Å². The summed E-state index contributed by atoms with van der Waals surface area (Å²) >= 11 is 0. The molecule has 5 nitrogen and oxygen atoms in total. The lowest BCUT2D eigenvalue weighted by Crippen LogP contribution is -2.27. The molecule has 1 aliphatic carbocycles. The van der Waals surface area contributed by atoms with Crippen molar-refractivity contribution in [1.29, 1.82) is 0 Å². The van der Waals surface area contributed by atoms with Crippen molar-refractivity contribution in [2.45, 2.75) is 25.3 Å². The number of phenols is 2. The van der Waals surface area contributed by atoms with E-state index in [0.29, 0.717) is 12.6 Å². The number of carbonyl (C=O) groups is 1. The van der Waals surface area contributed by atoms with E-state index in [0.717, 1.165) is 13.0 Å². The maximum Gasteiger partial charge on any atom is 0.251 e. The van der Waals surface area contributed by atoms with Gasteiger partial charge in [0.15, 0.2) is 0 Å². The number of rotatable bonds is 6. The van der Waals surface area contributed by atoms with Gasteiger partial charge in [-0.05, 0) is 37.9 Å². The molecule has 2 rings (SSSR count). The molecule has 1 aromatic carbocycles. The Labute approximate surface area is 106 Å². The van der Waals surface area contributed by atoms with Crippen LogP contribution in [0.25, 0.3) is 0 Å². The average Bonchev–Trinajstić information content (AvgIpc) is 3.11. The van der Waals surface area contributed by atoms with Crippen molar-refractivity contribution in [3.05, 3.63) is 23.8 Å². The molecule has 5 heteroatoms. The summed E-state index contributed by atoms with van der Waals surface area (Å²) in [6.07, 6.45) is 3.39. The zero-order valence-corrected chi connectivity index (χ0v) is 10.1. The van der Waals surface area contributed by atoms with E-state index >= 15 is 0 Å². The highest BCUT2D eigenvalue weighted by molar-refractivity contribution is 5.94. The van der Waals surface area contributed by atoms with E-state index in [2.05, 4.69) is 10.6 Å². The highest BCUT2D eigenvalue weighted by Gasteiger charge is 2.19. The quantitative estimate of drug-likeness (QED) is 0.567. The van der Waals surface area contributed by atoms with Crippen LogP contribution in [0, 0.1) is 0 Å². The highest BCUT2D eigenvalue weighted by atomic mass is 16.3. The molecule has 0 saturated heterocycles. The van der Waals surface area contributed by atoms with Crippen molar-refractivity contribution in [3.63, 3.8) is 0 Å². The first-order chi connectivity index (χ1) is 8.65. The van der Waals surface area contributed by atoms with Crippen LogP contribution in [-0.4, -0.2) is 35.3 Å². The van der Waals surface area contributed by atoms with Crippen LogP contribution in [0.2, 0.25) is 0 Å². The maximum atomic E-state index is 11.7. The van der Waals surface area contributed by atoms with Crippen LogP contribution in [0.15, 0.2) is 18.2 Å². The fourth-order valence-electron chi connectivity index (χ4n) is 1.71. The molecule has 0 radical (unpaired) electrons. The van der Waals surface area contributed by atoms with Gasteiger partial charge in [-0.25, -0.2) is 0 Å². The fraction of sp³-hybridized carbons (Fsp3) is 0.462. The second-order valence-corrected chi connectivity index (χ2v) is 4.58. The SMILES string of the molecule is O=C(NCCCNC1CC1)c1cc(O)cc(O)c1. The zero-order valence-electron chi connectivity index (χ0n) is 10.1. The topological polar surface area (TPSA) is 81.6 Å². The molecule has 98 valence electrons. The normalized spacial score (nSPS) is 14.4. The van der Waals surface area contributed by atoms with Gasteiger partial charge in [-0.2, -0.15) is 0 Å². The molecule has 1 fully saturated rings. The average molecular weight is 250 g/mol. The molecule has 0 spiro atoms. The number of phenolic OH excluding ortho intramolecular Hbond substituents is 2. The van der Waals surface area contributed by atoms with Gasteiger partial charge >= 0.3 is 0 Å². The van der Waals surface area contributed by atoms with E-state index in [9.17, 15) is 15.0 Å². The number of hydrogen-bond donors (Lipinski definition) is 4. The van der Waals surface area contributed by atoms with Gasteiger partial charge in [-0.3, -0.25) is 4.79 Å². The molecule has 4 N–H and O–H groups in total. The van der Waals surface area contributed by atoms with Crippen LogP contribution in [0.4, 0.5) is 0 Å². The molecule has 0 bridgehead atoms. The van der Waals surface area contributed by atoms with E-state index in [1.165, 1.54) is 31.0 Å². The predicted octanol–water partition coefficient (Wildman–Crippen LogP) is 0.970. The Hall–Kier alpha value is -1.75. The summed E-state index contributed by atoms with van der Waals surface area (Å²) in [5, 5.41) is 24.6. The third-order valence-corrected chi connectivity index (χ3v) is 2.81. The Morgan fingerprint density at radius 2 is 1.83 bits per heavy atom. The molecular formula is C13H18N2O3. The largest absolute Gasteiger partial charge is 0.508 e. The minimum atomic E-state index is -0.285. The van der Waals surface area contributed by atoms with E-state index in [-0.39, 0.29) is 23.0 Å². The Bertz CT molecular complexity index is 410. The number of aromatic hydroxyl groups is 2. The molecule has 0 aromatic heterocycles. The third-order valence-electron chi connectivity index (χ3n) is 2.81. The lowest BCUT2D eigenvalue weighted by Gasteiger charge is -2.06. The first kappa shape index (κ1) is 12.7. The minimum absolute atomic E-state index is 0.115. The van der Waals surface area contributed by atoms with Gasteiger partial charge in [0.2, 0.25) is 0 Å². The second kappa shape index (κ2) is 5.73. The van der Waals surface area contributed by atoms with E-state index < -0.39 is 0 Å². The second-order valence-electron chi connectivity index (χ2n) is 4.58. The molecule has 0 unspecified atom stereocenters. The van der Waals surface area contributed by atoms with Crippen LogP contribution in [-0.2, 0) is 0 Å². The number of nitrogens with one attached hydrogen (secondary N) is 2. The highest BCUT2D eigenvalue weighted by Crippen LogP contribution is 2.20. The van der Waals surface area contributed by atoms with Crippen molar-refractivity contribution in [2.24, 2.45) is 0 Å². The van der Waals surface area contributed by atoms with Gasteiger partial charge in [0.05, 0.1) is 0 Å². The Morgan fingerprint density at radius 1 is 1.17 bits per heavy atom. The van der Waals surface area contributed by atoms with Crippen LogP contribution < -0.4 is 10.6 Å². The summed E-state index contributed by atoms with van der Waals surface area (Å²) in [5.74, 6) is -0.515. The van der Waals surface area contributed by atoms with Crippen LogP contribution in [0.1, 0.15) is 29.6 Å². The summed E-state index contributed by atoms with van der Waals surface area (Å²) in [5.41, 5.74) is 0.266. The summed E-state index contributed by atoms with van der Waals surface area (Å²) in [6.45, 7) is 1.48. The van der Waals surface area contributed by atoms with Crippen molar-refractivity contribution >= 4 is 5.91 Å². The summed E-state index contributed by atoms with van der Waals surface area (Å²) in [4.78, 5) is 11.7. The number of carbonyl (C=O) groups excluding carboxylic acids is 1. The fourth-order valence-corrected chi connectivity index (χ4v) is 1.71. The Morgan fingerprint density at radius 3 is 2.44 bits per heavy atom. The molecule has 0 atom stereocenters. The van der Waals surface area contributed by atoms with Gasteiger partial charge in [0, 0.05) is 24.2 Å². The first-order valence-corrected chi connectivity index (χ1v) is 6.20. The first-order valence-electron chi connectivity index (χ1n) is 6.20. The Balaban J connectivity index is 1.72. The monoisotopic (exact) mass is 250 g/mol. The predicted molar refractivity (Wildman–Crippen MR) is 67.7 cm³/mol. The maximum absolute atomic E-state index is 11.7. The molecule has 0 aliphatic heterocycles. The van der Waals surface area contributed by atoms with Gasteiger partial charge in [-0.1, -0.05) is 0 Å². The molecule has 1 aromatic rings. The van der Waals surface area contributed by atoms with Crippen molar-refractivity contribution in [3.8, 4) is 11.5 Å². The van der Waals surface area contributed by atoms with Gasteiger partial charge in [0.1, 0.15) is 11.5 Å². The number of amides is 1. The summed E-state index contributed by atoms with van der Waals surface area (Å²) in [6, 6.07) is 4.54. The Kier molecular flexibility index (Phi) is 4.04. The molecule has 1 amide bonds. The minimum Gasteiger partial charge on any atom is -0.508 e. The molecule has 18 heavy (non-hydrogen) atoms. The van der Waals surface area contributed by atoms with Crippen molar-refractivity contribution in [2.75, 3.05) is 13.1 Å². The standard InChI is InChI=1S/C13H18N2O3/c16-11-6-9(7-12(17)8-11)13(18)15-5-1-4-14-10-2-3-10/h6-8,10,14,16-17H,1-5H2,(H,15,18). The molecular weight excluding hydrogens is 232 g/mol. The van der Waals surface area contributed by atoms with E-state index in [4.69, 9.17) is 0 Å². The third kappa shape index (κ3) is 3.92. The van der Waals surface area contributed by atoms with Crippen LogP contribution in [0.3, 0.4) is 0 Å². The summed E-state index contributed by atoms with van der Waals surface area (Å²) in [7, 11) is 0. The molecule has 1 saturated carbocycles. The van der Waals surface area contributed by atoms with Gasteiger partial charge < -0.3 is 20.8 Å². The number of benzene rings is 1.